The molecule has 1 aromatic carbocycles. The maximum Gasteiger partial charge on any atom is 0.302 e. The van der Waals surface area contributed by atoms with E-state index >= 15 is 0 Å². The quantitative estimate of drug-likeness (QED) is 0.854. The van der Waals surface area contributed by atoms with Gasteiger partial charge in [-0.15, -0.1) is 0 Å². The molecule has 0 bridgehead atoms. The van der Waals surface area contributed by atoms with E-state index in [0.717, 1.165) is 21.4 Å². The first kappa shape index (κ1) is 16.3. The molecule has 0 atom stereocenters. The fraction of sp³-hybridized carbons (Fsp3) is 0.267. The maximum absolute atomic E-state index is 11.7. The van der Waals surface area contributed by atoms with Crippen molar-refractivity contribution in [3.05, 3.63) is 36.5 Å². The predicted octanol–water partition coefficient (Wildman–Crippen LogP) is 1.81. The van der Waals surface area contributed by atoms with E-state index in [1.807, 2.05) is 18.2 Å². The van der Waals surface area contributed by atoms with Crippen LogP contribution in [-0.2, 0) is 10.2 Å². The first-order chi connectivity index (χ1) is 11.4. The molecule has 24 heavy (non-hydrogen) atoms. The number of hydrogen-bond acceptors (Lipinski definition) is 6. The Morgan fingerprint density at radius 1 is 1.04 bits per heavy atom. The van der Waals surface area contributed by atoms with E-state index in [0.29, 0.717) is 19.0 Å². The molecule has 3 rings (SSSR count). The largest absolute Gasteiger partial charge is 0.486 e. The number of nitrogens with zero attached hydrogens (tertiary/aromatic N) is 2. The van der Waals surface area contributed by atoms with Crippen LogP contribution in [0.2, 0.25) is 0 Å². The van der Waals surface area contributed by atoms with E-state index in [1.165, 1.54) is 14.1 Å². The molecule has 0 fully saturated rings. The summed E-state index contributed by atoms with van der Waals surface area (Å²) in [5, 5.41) is 3.18. The lowest BCUT2D eigenvalue weighted by atomic mass is 10.2. The van der Waals surface area contributed by atoms with Crippen molar-refractivity contribution < 1.29 is 17.9 Å². The van der Waals surface area contributed by atoms with Crippen LogP contribution in [0.15, 0.2) is 36.5 Å². The summed E-state index contributed by atoms with van der Waals surface area (Å²) in [7, 11) is -0.674. The maximum atomic E-state index is 11.7. The molecule has 0 spiro atoms. The summed E-state index contributed by atoms with van der Waals surface area (Å²) in [6.45, 7) is 1.08. The first-order valence-electron chi connectivity index (χ1n) is 7.27. The van der Waals surface area contributed by atoms with Crippen LogP contribution in [0, 0.1) is 0 Å². The second-order valence-corrected chi connectivity index (χ2v) is 7.19. The zero-order valence-electron chi connectivity index (χ0n) is 13.3. The van der Waals surface area contributed by atoms with Gasteiger partial charge in [-0.05, 0) is 24.3 Å². The van der Waals surface area contributed by atoms with Crippen molar-refractivity contribution in [2.45, 2.75) is 0 Å². The number of aromatic nitrogens is 1. The molecule has 2 heterocycles. The second kappa shape index (κ2) is 6.54. The van der Waals surface area contributed by atoms with Crippen molar-refractivity contribution in [3.8, 4) is 11.5 Å². The summed E-state index contributed by atoms with van der Waals surface area (Å²) in [6, 6.07) is 8.87. The highest BCUT2D eigenvalue weighted by molar-refractivity contribution is 7.90. The molecule has 1 aliphatic rings. The number of rotatable bonds is 5. The molecule has 2 N–H and O–H groups in total. The van der Waals surface area contributed by atoms with Crippen LogP contribution >= 0.6 is 0 Å². The number of hydrogen-bond donors (Lipinski definition) is 2. The van der Waals surface area contributed by atoms with E-state index < -0.39 is 10.2 Å². The van der Waals surface area contributed by atoms with Crippen LogP contribution in [0.25, 0.3) is 0 Å². The first-order valence-corrected chi connectivity index (χ1v) is 8.71. The van der Waals surface area contributed by atoms with Gasteiger partial charge in [0.1, 0.15) is 19.0 Å². The van der Waals surface area contributed by atoms with E-state index in [4.69, 9.17) is 9.47 Å². The molecule has 0 radical (unpaired) electrons. The minimum Gasteiger partial charge on any atom is -0.486 e. The zero-order chi connectivity index (χ0) is 17.2. The lowest BCUT2D eigenvalue weighted by Crippen LogP contribution is -2.29. The molecule has 128 valence electrons. The van der Waals surface area contributed by atoms with Crippen molar-refractivity contribution in [2.24, 2.45) is 0 Å². The number of ether oxygens (including phenoxy) is 2. The Morgan fingerprint density at radius 3 is 2.42 bits per heavy atom. The summed E-state index contributed by atoms with van der Waals surface area (Å²) < 4.78 is 38.0. The number of nitrogens with one attached hydrogen (secondary N) is 2. The lowest BCUT2D eigenvalue weighted by molar-refractivity contribution is 0.171. The van der Waals surface area contributed by atoms with Gasteiger partial charge in [0, 0.05) is 25.8 Å². The summed E-state index contributed by atoms with van der Waals surface area (Å²) in [5.74, 6) is 1.66. The molecule has 1 aliphatic heterocycles. The van der Waals surface area contributed by atoms with Crippen molar-refractivity contribution in [1.29, 1.82) is 0 Å². The van der Waals surface area contributed by atoms with Gasteiger partial charge in [0.25, 0.3) is 0 Å². The highest BCUT2D eigenvalue weighted by Gasteiger charge is 2.14. The van der Waals surface area contributed by atoms with Crippen LogP contribution in [0.3, 0.4) is 0 Å². The van der Waals surface area contributed by atoms with Gasteiger partial charge >= 0.3 is 10.2 Å². The van der Waals surface area contributed by atoms with Gasteiger partial charge in [-0.2, -0.15) is 12.7 Å². The molecule has 0 aliphatic carbocycles. The monoisotopic (exact) mass is 350 g/mol. The average Bonchev–Trinajstić information content (AvgIpc) is 2.56. The lowest BCUT2D eigenvalue weighted by Gasteiger charge is -2.19. The fourth-order valence-electron chi connectivity index (χ4n) is 2.04. The van der Waals surface area contributed by atoms with E-state index in [1.54, 1.807) is 18.3 Å². The molecule has 0 saturated carbocycles. The molecular formula is C15H18N4O4S. The van der Waals surface area contributed by atoms with Crippen LogP contribution in [0.4, 0.5) is 17.2 Å². The Balaban J connectivity index is 1.70. The van der Waals surface area contributed by atoms with Crippen molar-refractivity contribution in [2.75, 3.05) is 37.3 Å². The van der Waals surface area contributed by atoms with Gasteiger partial charge < -0.3 is 14.8 Å². The summed E-state index contributed by atoms with van der Waals surface area (Å²) in [6.07, 6.45) is 1.55. The fourth-order valence-corrected chi connectivity index (χ4v) is 2.61. The highest BCUT2D eigenvalue weighted by Crippen LogP contribution is 2.33. The standard InChI is InChI=1S/C15H18N4O4S/c1-19(2)24(20,21)18-15-6-4-12(10-16-15)17-11-3-5-13-14(9-11)23-8-7-22-13/h3-6,9-10,17H,7-8H2,1-2H3,(H,16,18). The third-order valence-corrected chi connectivity index (χ3v) is 4.74. The highest BCUT2D eigenvalue weighted by atomic mass is 32.2. The minimum atomic E-state index is -3.56. The smallest absolute Gasteiger partial charge is 0.302 e. The molecule has 8 nitrogen and oxygen atoms in total. The van der Waals surface area contributed by atoms with Gasteiger partial charge in [0.2, 0.25) is 0 Å². The molecule has 2 aromatic rings. The minimum absolute atomic E-state index is 0.247. The molecular weight excluding hydrogens is 332 g/mol. The van der Waals surface area contributed by atoms with Crippen molar-refractivity contribution in [3.63, 3.8) is 0 Å². The number of benzene rings is 1. The van der Waals surface area contributed by atoms with Gasteiger partial charge in [-0.25, -0.2) is 4.98 Å². The third-order valence-electron chi connectivity index (χ3n) is 3.31. The van der Waals surface area contributed by atoms with Gasteiger partial charge in [0.15, 0.2) is 11.5 Å². The average molecular weight is 350 g/mol. The summed E-state index contributed by atoms with van der Waals surface area (Å²) in [4.78, 5) is 4.09. The molecule has 0 saturated heterocycles. The Bertz CT molecular complexity index is 822. The van der Waals surface area contributed by atoms with E-state index in [-0.39, 0.29) is 5.82 Å². The Kier molecular flexibility index (Phi) is 4.45. The van der Waals surface area contributed by atoms with Crippen LogP contribution in [0.5, 0.6) is 11.5 Å². The Labute approximate surface area is 140 Å². The SMILES string of the molecule is CN(C)S(=O)(=O)Nc1ccc(Nc2ccc3c(c2)OCCO3)cn1. The molecule has 0 amide bonds. The third kappa shape index (κ3) is 3.69. The Hall–Kier alpha value is -2.52. The zero-order valence-corrected chi connectivity index (χ0v) is 14.1. The van der Waals surface area contributed by atoms with Crippen LogP contribution < -0.4 is 19.5 Å². The predicted molar refractivity (Wildman–Crippen MR) is 91.2 cm³/mol. The van der Waals surface area contributed by atoms with Gasteiger partial charge in [-0.1, -0.05) is 0 Å². The van der Waals surface area contributed by atoms with Gasteiger partial charge in [0.05, 0.1) is 11.9 Å². The number of pyridine rings is 1. The van der Waals surface area contributed by atoms with Crippen molar-refractivity contribution >= 4 is 27.4 Å². The number of anilines is 3. The second-order valence-electron chi connectivity index (χ2n) is 5.31. The number of fused-ring (bicyclic) bond motifs is 1. The van der Waals surface area contributed by atoms with Gasteiger partial charge in [-0.3, -0.25) is 4.72 Å². The van der Waals surface area contributed by atoms with Crippen LogP contribution in [-0.4, -0.2) is 45.0 Å². The summed E-state index contributed by atoms with van der Waals surface area (Å²) in [5.41, 5.74) is 1.54. The molecule has 1 aromatic heterocycles. The normalized spacial score (nSPS) is 13.6. The van der Waals surface area contributed by atoms with Crippen molar-refractivity contribution in [1.82, 2.24) is 9.29 Å². The van der Waals surface area contributed by atoms with Crippen LogP contribution in [0.1, 0.15) is 0 Å². The topological polar surface area (TPSA) is 92.8 Å². The summed E-state index contributed by atoms with van der Waals surface area (Å²) >= 11 is 0. The molecule has 9 heteroatoms. The molecule has 0 unspecified atom stereocenters. The Morgan fingerprint density at radius 2 is 1.75 bits per heavy atom. The van der Waals surface area contributed by atoms with E-state index in [2.05, 4.69) is 15.0 Å². The van der Waals surface area contributed by atoms with E-state index in [9.17, 15) is 8.42 Å².